The molecule has 1 aromatic rings. The van der Waals surface area contributed by atoms with Crippen LogP contribution in [-0.2, 0) is 0 Å². The zero-order valence-corrected chi connectivity index (χ0v) is 12.3. The van der Waals surface area contributed by atoms with Gasteiger partial charge in [0.2, 0.25) is 0 Å². The molecule has 17 heavy (non-hydrogen) atoms. The molecule has 96 valence electrons. The average molecular weight is 253 g/mol. The molecule has 1 heterocycles. The molecule has 0 atom stereocenters. The van der Waals surface area contributed by atoms with Gasteiger partial charge in [0.15, 0.2) is 0 Å². The highest BCUT2D eigenvalue weighted by atomic mass is 32.1. The molecule has 1 rings (SSSR count). The van der Waals surface area contributed by atoms with E-state index in [0.29, 0.717) is 11.8 Å². The van der Waals surface area contributed by atoms with E-state index >= 15 is 0 Å². The largest absolute Gasteiger partial charge is 0.337 e. The molecular weight excluding hydrogens is 230 g/mol. The van der Waals surface area contributed by atoms with Crippen molar-refractivity contribution in [1.29, 1.82) is 0 Å². The van der Waals surface area contributed by atoms with Gasteiger partial charge in [-0.2, -0.15) is 0 Å². The lowest BCUT2D eigenvalue weighted by molar-refractivity contribution is 0.0720. The van der Waals surface area contributed by atoms with Crippen LogP contribution in [0.4, 0.5) is 0 Å². The van der Waals surface area contributed by atoms with Crippen LogP contribution in [0.2, 0.25) is 0 Å². The molecule has 0 fully saturated rings. The number of carbonyl (C=O) groups excluding carboxylic acids is 1. The Morgan fingerprint density at radius 1 is 1.18 bits per heavy atom. The van der Waals surface area contributed by atoms with Gasteiger partial charge in [-0.15, -0.1) is 11.3 Å². The number of aryl methyl sites for hydroxylation is 1. The smallest absolute Gasteiger partial charge is 0.263 e. The summed E-state index contributed by atoms with van der Waals surface area (Å²) in [6, 6.07) is 3.96. The third-order valence-electron chi connectivity index (χ3n) is 2.41. The minimum Gasteiger partial charge on any atom is -0.337 e. The summed E-state index contributed by atoms with van der Waals surface area (Å²) in [4.78, 5) is 16.4. The van der Waals surface area contributed by atoms with Crippen LogP contribution in [0.1, 0.15) is 42.2 Å². The van der Waals surface area contributed by atoms with Crippen molar-refractivity contribution in [2.45, 2.75) is 34.6 Å². The lowest BCUT2D eigenvalue weighted by atomic mass is 10.1. The molecule has 0 radical (unpaired) electrons. The van der Waals surface area contributed by atoms with E-state index in [-0.39, 0.29) is 5.91 Å². The van der Waals surface area contributed by atoms with Crippen molar-refractivity contribution in [3.8, 4) is 0 Å². The second-order valence-corrected chi connectivity index (χ2v) is 6.70. The molecule has 0 saturated heterocycles. The molecule has 0 aromatic carbocycles. The molecule has 0 aliphatic heterocycles. The summed E-state index contributed by atoms with van der Waals surface area (Å²) in [6.07, 6.45) is 0. The summed E-state index contributed by atoms with van der Waals surface area (Å²) in [5.41, 5.74) is 0. The predicted octanol–water partition coefficient (Wildman–Crippen LogP) is 3.81. The van der Waals surface area contributed by atoms with Gasteiger partial charge in [0, 0.05) is 18.0 Å². The molecule has 3 heteroatoms. The highest BCUT2D eigenvalue weighted by molar-refractivity contribution is 7.13. The van der Waals surface area contributed by atoms with Crippen molar-refractivity contribution in [1.82, 2.24) is 4.90 Å². The average Bonchev–Trinajstić information content (AvgIpc) is 2.61. The zero-order valence-electron chi connectivity index (χ0n) is 11.5. The number of hydrogen-bond donors (Lipinski definition) is 0. The molecule has 0 saturated carbocycles. The summed E-state index contributed by atoms with van der Waals surface area (Å²) < 4.78 is 0. The van der Waals surface area contributed by atoms with Gasteiger partial charge in [0.1, 0.15) is 0 Å². The Balaban J connectivity index is 2.78. The summed E-state index contributed by atoms with van der Waals surface area (Å²) in [7, 11) is 0. The van der Waals surface area contributed by atoms with Crippen LogP contribution >= 0.6 is 11.3 Å². The first kappa shape index (κ1) is 14.2. The molecule has 0 aliphatic carbocycles. The van der Waals surface area contributed by atoms with Crippen LogP contribution in [0.5, 0.6) is 0 Å². The van der Waals surface area contributed by atoms with Gasteiger partial charge in [-0.1, -0.05) is 27.7 Å². The summed E-state index contributed by atoms with van der Waals surface area (Å²) >= 11 is 1.59. The fourth-order valence-corrected chi connectivity index (χ4v) is 2.66. The van der Waals surface area contributed by atoms with E-state index in [1.165, 1.54) is 4.88 Å². The Kier molecular flexibility index (Phi) is 5.19. The van der Waals surface area contributed by atoms with Crippen LogP contribution in [0.25, 0.3) is 0 Å². The van der Waals surface area contributed by atoms with Gasteiger partial charge < -0.3 is 4.90 Å². The van der Waals surface area contributed by atoms with Gasteiger partial charge >= 0.3 is 0 Å². The summed E-state index contributed by atoms with van der Waals surface area (Å²) in [5.74, 6) is 1.21. The van der Waals surface area contributed by atoms with Gasteiger partial charge in [0.25, 0.3) is 5.91 Å². The Hall–Kier alpha value is -0.830. The van der Waals surface area contributed by atoms with Crippen LogP contribution in [-0.4, -0.2) is 23.9 Å². The molecular formula is C14H23NOS. The van der Waals surface area contributed by atoms with E-state index in [1.807, 2.05) is 24.0 Å². The Morgan fingerprint density at radius 3 is 2.06 bits per heavy atom. The summed E-state index contributed by atoms with van der Waals surface area (Å²) in [6.45, 7) is 12.3. The maximum absolute atomic E-state index is 12.4. The maximum Gasteiger partial charge on any atom is 0.263 e. The SMILES string of the molecule is Cc1ccc(C(=O)N(CC(C)C)CC(C)C)s1. The van der Waals surface area contributed by atoms with Gasteiger partial charge in [-0.3, -0.25) is 4.79 Å². The normalized spacial score (nSPS) is 11.2. The van der Waals surface area contributed by atoms with Gasteiger partial charge in [-0.05, 0) is 30.9 Å². The molecule has 0 bridgehead atoms. The van der Waals surface area contributed by atoms with Crippen molar-refractivity contribution < 1.29 is 4.79 Å². The van der Waals surface area contributed by atoms with Crippen LogP contribution in [0, 0.1) is 18.8 Å². The molecule has 2 nitrogen and oxygen atoms in total. The van der Waals surface area contributed by atoms with E-state index in [4.69, 9.17) is 0 Å². The van der Waals surface area contributed by atoms with Crippen molar-refractivity contribution in [2.75, 3.05) is 13.1 Å². The third kappa shape index (κ3) is 4.50. The lowest BCUT2D eigenvalue weighted by Gasteiger charge is -2.25. The molecule has 0 N–H and O–H groups in total. The Morgan fingerprint density at radius 2 is 1.71 bits per heavy atom. The fraction of sp³-hybridized carbons (Fsp3) is 0.643. The highest BCUT2D eigenvalue weighted by Crippen LogP contribution is 2.18. The quantitative estimate of drug-likeness (QED) is 0.781. The van der Waals surface area contributed by atoms with Gasteiger partial charge in [0.05, 0.1) is 4.88 Å². The number of thiophene rings is 1. The minimum atomic E-state index is 0.186. The molecule has 0 spiro atoms. The first-order valence-corrected chi connectivity index (χ1v) is 7.07. The van der Waals surface area contributed by atoms with Crippen LogP contribution < -0.4 is 0 Å². The topological polar surface area (TPSA) is 20.3 Å². The maximum atomic E-state index is 12.4. The van der Waals surface area contributed by atoms with E-state index in [9.17, 15) is 4.79 Å². The third-order valence-corrected chi connectivity index (χ3v) is 3.40. The van der Waals surface area contributed by atoms with Crippen molar-refractivity contribution >= 4 is 17.2 Å². The number of amides is 1. The monoisotopic (exact) mass is 253 g/mol. The first-order chi connectivity index (χ1) is 7.90. The minimum absolute atomic E-state index is 0.186. The summed E-state index contributed by atoms with van der Waals surface area (Å²) in [5, 5.41) is 0. The molecule has 1 amide bonds. The van der Waals surface area contributed by atoms with E-state index in [0.717, 1.165) is 18.0 Å². The van der Waals surface area contributed by atoms with Crippen molar-refractivity contribution in [2.24, 2.45) is 11.8 Å². The lowest BCUT2D eigenvalue weighted by Crippen LogP contribution is -2.36. The predicted molar refractivity (Wildman–Crippen MR) is 74.6 cm³/mol. The van der Waals surface area contributed by atoms with E-state index in [1.54, 1.807) is 11.3 Å². The zero-order chi connectivity index (χ0) is 13.0. The van der Waals surface area contributed by atoms with E-state index < -0.39 is 0 Å². The number of nitrogens with zero attached hydrogens (tertiary/aromatic N) is 1. The standard InChI is InChI=1S/C14H23NOS/c1-10(2)8-15(9-11(3)4)14(16)13-7-6-12(5)17-13/h6-7,10-11H,8-9H2,1-5H3. The number of carbonyl (C=O) groups is 1. The highest BCUT2D eigenvalue weighted by Gasteiger charge is 2.19. The first-order valence-electron chi connectivity index (χ1n) is 6.26. The van der Waals surface area contributed by atoms with Crippen molar-refractivity contribution in [3.63, 3.8) is 0 Å². The van der Waals surface area contributed by atoms with E-state index in [2.05, 4.69) is 27.7 Å². The van der Waals surface area contributed by atoms with Crippen LogP contribution in [0.3, 0.4) is 0 Å². The second-order valence-electron chi connectivity index (χ2n) is 5.41. The number of hydrogen-bond acceptors (Lipinski definition) is 2. The Labute approximate surface area is 109 Å². The number of rotatable bonds is 5. The molecule has 0 unspecified atom stereocenters. The van der Waals surface area contributed by atoms with Crippen LogP contribution in [0.15, 0.2) is 12.1 Å². The Bertz CT molecular complexity index is 358. The van der Waals surface area contributed by atoms with Crippen molar-refractivity contribution in [3.05, 3.63) is 21.9 Å². The fourth-order valence-electron chi connectivity index (χ4n) is 1.83. The molecule has 0 aliphatic rings. The second kappa shape index (κ2) is 6.20. The molecule has 1 aromatic heterocycles. The van der Waals surface area contributed by atoms with Gasteiger partial charge in [-0.25, -0.2) is 0 Å².